The molecule has 0 bridgehead atoms. The minimum atomic E-state index is -3.93. The Morgan fingerprint density at radius 2 is 1.48 bits per heavy atom. The maximum Gasteiger partial charge on any atom is 0.265 e. The highest BCUT2D eigenvalue weighted by Gasteiger charge is 2.20. The second-order valence-corrected chi connectivity index (χ2v) is 8.44. The molecule has 0 aliphatic rings. The Kier molecular flexibility index (Phi) is 5.43. The van der Waals surface area contributed by atoms with Gasteiger partial charge in [0.05, 0.1) is 31.9 Å². The highest BCUT2D eigenvalue weighted by molar-refractivity contribution is 7.93. The van der Waals surface area contributed by atoms with Crippen LogP contribution < -0.4 is 18.9 Å². The van der Waals surface area contributed by atoms with Crippen molar-refractivity contribution in [2.45, 2.75) is 4.90 Å². The molecule has 0 aliphatic heterocycles. The number of hydrogen-bond acceptors (Lipinski definition) is 6. The zero-order valence-corrected chi connectivity index (χ0v) is 15.4. The Morgan fingerprint density at radius 3 is 2.08 bits per heavy atom. The quantitative estimate of drug-likeness (QED) is 0.752. The van der Waals surface area contributed by atoms with Gasteiger partial charge in [-0.3, -0.25) is 9.44 Å². The second kappa shape index (κ2) is 7.19. The fourth-order valence-corrected chi connectivity index (χ4v) is 3.88. The molecule has 0 aromatic heterocycles. The molecule has 2 N–H and O–H groups in total. The van der Waals surface area contributed by atoms with Crippen molar-refractivity contribution < 1.29 is 26.3 Å². The number of benzene rings is 2. The molecule has 25 heavy (non-hydrogen) atoms. The lowest BCUT2D eigenvalue weighted by atomic mass is 10.2. The molecule has 0 unspecified atom stereocenters. The molecule has 0 fully saturated rings. The maximum absolute atomic E-state index is 12.6. The molecule has 0 saturated carbocycles. The van der Waals surface area contributed by atoms with Gasteiger partial charge in [0.15, 0.2) is 0 Å². The summed E-state index contributed by atoms with van der Waals surface area (Å²) in [7, 11) is -4.74. The Bertz CT molecular complexity index is 971. The first-order valence-corrected chi connectivity index (χ1v) is 10.4. The summed E-state index contributed by atoms with van der Waals surface area (Å²) >= 11 is 0. The number of rotatable bonds is 7. The molecule has 136 valence electrons. The molecule has 2 aromatic carbocycles. The maximum atomic E-state index is 12.6. The standard InChI is InChI=1S/C15H18N2O6S2/c1-22-13-9-8-11(10-12(13)17-24(3,18)19)16-25(20,21)15-7-5-4-6-14(15)23-2/h4-10,16-17H,1-3H3. The molecule has 0 saturated heterocycles. The molecular weight excluding hydrogens is 368 g/mol. The van der Waals surface area contributed by atoms with E-state index < -0.39 is 20.0 Å². The molecule has 0 heterocycles. The molecular formula is C15H18N2O6S2. The first-order chi connectivity index (χ1) is 11.7. The van der Waals surface area contributed by atoms with E-state index in [1.54, 1.807) is 12.1 Å². The minimum absolute atomic E-state index is 0.0362. The van der Waals surface area contributed by atoms with Crippen LogP contribution in [0.3, 0.4) is 0 Å². The van der Waals surface area contributed by atoms with Gasteiger partial charge in [-0.1, -0.05) is 12.1 Å². The van der Waals surface area contributed by atoms with Crippen molar-refractivity contribution in [2.75, 3.05) is 29.9 Å². The summed E-state index contributed by atoms with van der Waals surface area (Å²) in [5.41, 5.74) is 0.281. The number of nitrogens with one attached hydrogen (secondary N) is 2. The van der Waals surface area contributed by atoms with Crippen molar-refractivity contribution in [1.29, 1.82) is 0 Å². The van der Waals surface area contributed by atoms with Crippen molar-refractivity contribution in [3.63, 3.8) is 0 Å². The van der Waals surface area contributed by atoms with Crippen LogP contribution in [0.5, 0.6) is 11.5 Å². The molecule has 0 atom stereocenters. The summed E-state index contributed by atoms with van der Waals surface area (Å²) in [6.45, 7) is 0. The summed E-state index contributed by atoms with van der Waals surface area (Å²) in [6, 6.07) is 10.4. The number of anilines is 2. The van der Waals surface area contributed by atoms with Crippen molar-refractivity contribution in [1.82, 2.24) is 0 Å². The number of para-hydroxylation sites is 1. The van der Waals surface area contributed by atoms with E-state index in [9.17, 15) is 16.8 Å². The summed E-state index contributed by atoms with van der Waals surface area (Å²) < 4.78 is 62.8. The van der Waals surface area contributed by atoms with E-state index in [0.29, 0.717) is 0 Å². The zero-order chi connectivity index (χ0) is 18.7. The highest BCUT2D eigenvalue weighted by Crippen LogP contribution is 2.31. The van der Waals surface area contributed by atoms with Gasteiger partial charge in [-0.15, -0.1) is 0 Å². The van der Waals surface area contributed by atoms with Crippen LogP contribution in [-0.2, 0) is 20.0 Å². The summed E-state index contributed by atoms with van der Waals surface area (Å²) in [5.74, 6) is 0.448. The topological polar surface area (TPSA) is 111 Å². The van der Waals surface area contributed by atoms with Gasteiger partial charge in [0, 0.05) is 0 Å². The number of ether oxygens (including phenoxy) is 2. The van der Waals surface area contributed by atoms with Gasteiger partial charge < -0.3 is 9.47 Å². The molecule has 0 aliphatic carbocycles. The normalized spacial score (nSPS) is 11.6. The lowest BCUT2D eigenvalue weighted by Crippen LogP contribution is -2.15. The van der Waals surface area contributed by atoms with E-state index in [1.807, 2.05) is 0 Å². The van der Waals surface area contributed by atoms with Gasteiger partial charge in [0.1, 0.15) is 16.4 Å². The van der Waals surface area contributed by atoms with Crippen LogP contribution in [0.4, 0.5) is 11.4 Å². The lowest BCUT2D eigenvalue weighted by Gasteiger charge is -2.14. The molecule has 0 radical (unpaired) electrons. The molecule has 0 amide bonds. The van der Waals surface area contributed by atoms with Gasteiger partial charge >= 0.3 is 0 Å². The molecule has 8 nitrogen and oxygen atoms in total. The van der Waals surface area contributed by atoms with E-state index in [2.05, 4.69) is 9.44 Å². The lowest BCUT2D eigenvalue weighted by molar-refractivity contribution is 0.403. The van der Waals surface area contributed by atoms with Crippen LogP contribution in [0.1, 0.15) is 0 Å². The molecule has 10 heteroatoms. The van der Waals surface area contributed by atoms with E-state index in [-0.39, 0.29) is 27.8 Å². The summed E-state index contributed by atoms with van der Waals surface area (Å²) in [4.78, 5) is -0.0362. The fourth-order valence-electron chi connectivity index (χ4n) is 2.10. The fraction of sp³-hybridized carbons (Fsp3) is 0.200. The van der Waals surface area contributed by atoms with Crippen LogP contribution in [0.2, 0.25) is 0 Å². The van der Waals surface area contributed by atoms with Crippen LogP contribution >= 0.6 is 0 Å². The minimum Gasteiger partial charge on any atom is -0.495 e. The zero-order valence-electron chi connectivity index (χ0n) is 13.8. The first kappa shape index (κ1) is 18.9. The monoisotopic (exact) mass is 386 g/mol. The van der Waals surface area contributed by atoms with E-state index in [0.717, 1.165) is 6.26 Å². The third-order valence-electron chi connectivity index (χ3n) is 3.11. The Hall–Kier alpha value is -2.46. The first-order valence-electron chi connectivity index (χ1n) is 6.98. The largest absolute Gasteiger partial charge is 0.495 e. The van der Waals surface area contributed by atoms with Gasteiger partial charge in [0.25, 0.3) is 10.0 Å². The predicted octanol–water partition coefficient (Wildman–Crippen LogP) is 1.88. The van der Waals surface area contributed by atoms with Gasteiger partial charge in [-0.2, -0.15) is 0 Å². The summed E-state index contributed by atoms with van der Waals surface area (Å²) in [6.07, 6.45) is 0.984. The highest BCUT2D eigenvalue weighted by atomic mass is 32.2. The number of sulfonamides is 2. The van der Waals surface area contributed by atoms with Crippen molar-refractivity contribution >= 4 is 31.4 Å². The SMILES string of the molecule is COc1ccc(NS(=O)(=O)c2ccccc2OC)cc1NS(C)(=O)=O. The van der Waals surface area contributed by atoms with E-state index >= 15 is 0 Å². The Balaban J connectivity index is 2.41. The third kappa shape index (κ3) is 4.77. The van der Waals surface area contributed by atoms with Gasteiger partial charge in [-0.05, 0) is 30.3 Å². The van der Waals surface area contributed by atoms with Crippen LogP contribution in [-0.4, -0.2) is 37.3 Å². The Morgan fingerprint density at radius 1 is 0.840 bits per heavy atom. The molecule has 2 aromatic rings. The van der Waals surface area contributed by atoms with Crippen molar-refractivity contribution in [3.05, 3.63) is 42.5 Å². The Labute approximate surface area is 146 Å². The summed E-state index contributed by atoms with van der Waals surface area (Å²) in [5, 5.41) is 0. The third-order valence-corrected chi connectivity index (χ3v) is 5.12. The average molecular weight is 386 g/mol. The van der Waals surface area contributed by atoms with Crippen LogP contribution in [0.25, 0.3) is 0 Å². The smallest absolute Gasteiger partial charge is 0.265 e. The molecule has 2 rings (SSSR count). The molecule has 0 spiro atoms. The average Bonchev–Trinajstić information content (AvgIpc) is 2.53. The second-order valence-electron chi connectivity index (χ2n) is 5.05. The van der Waals surface area contributed by atoms with Crippen molar-refractivity contribution in [2.24, 2.45) is 0 Å². The van der Waals surface area contributed by atoms with E-state index in [1.165, 1.54) is 44.6 Å². The van der Waals surface area contributed by atoms with Crippen LogP contribution in [0, 0.1) is 0 Å². The predicted molar refractivity (Wildman–Crippen MR) is 95.3 cm³/mol. The van der Waals surface area contributed by atoms with Gasteiger partial charge in [0.2, 0.25) is 10.0 Å². The van der Waals surface area contributed by atoms with E-state index in [4.69, 9.17) is 9.47 Å². The number of methoxy groups -OCH3 is 2. The number of hydrogen-bond donors (Lipinski definition) is 2. The van der Waals surface area contributed by atoms with Crippen LogP contribution in [0.15, 0.2) is 47.4 Å². The van der Waals surface area contributed by atoms with Gasteiger partial charge in [-0.25, -0.2) is 16.8 Å². The van der Waals surface area contributed by atoms with Crippen molar-refractivity contribution in [3.8, 4) is 11.5 Å².